The van der Waals surface area contributed by atoms with Gasteiger partial charge < -0.3 is 10.5 Å². The second-order valence-electron chi connectivity index (χ2n) is 4.68. The van der Waals surface area contributed by atoms with E-state index in [0.717, 1.165) is 40.6 Å². The lowest BCUT2D eigenvalue weighted by Crippen LogP contribution is -2.04. The Morgan fingerprint density at radius 3 is 2.95 bits per heavy atom. The summed E-state index contributed by atoms with van der Waals surface area (Å²) in [5.74, 6) is 1.84. The third-order valence-corrected chi connectivity index (χ3v) is 4.10. The van der Waals surface area contributed by atoms with Gasteiger partial charge in [0.2, 0.25) is 4.96 Å². The summed E-state index contributed by atoms with van der Waals surface area (Å²) >= 11 is 1.59. The van der Waals surface area contributed by atoms with Crippen molar-refractivity contribution in [2.45, 2.75) is 19.8 Å². The Kier molecular flexibility index (Phi) is 4.17. The number of nitrogens with two attached hydrogens (primary N) is 1. The molecule has 0 radical (unpaired) electrons. The zero-order valence-corrected chi connectivity index (χ0v) is 12.8. The zero-order chi connectivity index (χ0) is 14.7. The lowest BCUT2D eigenvalue weighted by Gasteiger charge is -2.09. The van der Waals surface area contributed by atoms with E-state index in [1.54, 1.807) is 11.3 Å². The molecular weight excluding hydrogens is 284 g/mol. The number of thiazole rings is 1. The van der Waals surface area contributed by atoms with Gasteiger partial charge in [-0.3, -0.25) is 4.40 Å². The van der Waals surface area contributed by atoms with Crippen LogP contribution >= 0.6 is 11.3 Å². The number of hydrogen-bond acceptors (Lipinski definition) is 5. The minimum atomic E-state index is 0.645. The molecule has 3 aromatic rings. The van der Waals surface area contributed by atoms with Crippen molar-refractivity contribution in [2.75, 3.05) is 13.2 Å². The first-order valence-corrected chi connectivity index (χ1v) is 7.97. The summed E-state index contributed by atoms with van der Waals surface area (Å²) in [6.07, 6.45) is 1.74. The van der Waals surface area contributed by atoms with Gasteiger partial charge in [-0.05, 0) is 32.0 Å². The van der Waals surface area contributed by atoms with Crippen molar-refractivity contribution < 1.29 is 4.74 Å². The molecule has 2 N–H and O–H groups in total. The molecule has 6 heteroatoms. The fourth-order valence-electron chi connectivity index (χ4n) is 2.35. The van der Waals surface area contributed by atoms with Crippen LogP contribution in [0.25, 0.3) is 16.2 Å². The van der Waals surface area contributed by atoms with Gasteiger partial charge in [0.1, 0.15) is 11.6 Å². The number of ether oxygens (including phenoxy) is 1. The highest BCUT2D eigenvalue weighted by Crippen LogP contribution is 2.33. The summed E-state index contributed by atoms with van der Waals surface area (Å²) in [6, 6.07) is 8.07. The molecule has 0 fully saturated rings. The molecular formula is C15H18N4OS. The van der Waals surface area contributed by atoms with Crippen molar-refractivity contribution in [2.24, 2.45) is 5.73 Å². The minimum Gasteiger partial charge on any atom is -0.493 e. The smallest absolute Gasteiger partial charge is 0.216 e. The predicted molar refractivity (Wildman–Crippen MR) is 84.8 cm³/mol. The topological polar surface area (TPSA) is 65.4 Å². The van der Waals surface area contributed by atoms with Gasteiger partial charge in [-0.25, -0.2) is 0 Å². The average molecular weight is 302 g/mol. The maximum atomic E-state index is 5.74. The van der Waals surface area contributed by atoms with Gasteiger partial charge in [0, 0.05) is 17.4 Å². The third-order valence-electron chi connectivity index (χ3n) is 3.28. The second kappa shape index (κ2) is 6.24. The second-order valence-corrected chi connectivity index (χ2v) is 5.51. The fraction of sp³-hybridized carbons (Fsp3) is 0.333. The summed E-state index contributed by atoms with van der Waals surface area (Å²) in [7, 11) is 0. The van der Waals surface area contributed by atoms with E-state index >= 15 is 0 Å². The van der Waals surface area contributed by atoms with Crippen LogP contribution in [0.4, 0.5) is 0 Å². The first kappa shape index (κ1) is 14.0. The third kappa shape index (κ3) is 2.64. The maximum absolute atomic E-state index is 5.74. The van der Waals surface area contributed by atoms with E-state index in [1.165, 1.54) is 0 Å². The van der Waals surface area contributed by atoms with Crippen LogP contribution in [-0.2, 0) is 6.42 Å². The summed E-state index contributed by atoms with van der Waals surface area (Å²) in [5, 5.41) is 10.6. The standard InChI is InChI=1S/C15H18N4OS/c1-2-20-13-7-4-3-6-11(13)12-10-21-15-18-17-14(19(12)15)8-5-9-16/h3-4,6-7,10H,2,5,8-9,16H2,1H3. The van der Waals surface area contributed by atoms with Gasteiger partial charge in [-0.1, -0.05) is 12.1 Å². The van der Waals surface area contributed by atoms with Crippen LogP contribution in [0.5, 0.6) is 5.75 Å². The molecule has 2 aromatic heterocycles. The normalized spacial score (nSPS) is 11.1. The number of rotatable bonds is 6. The Bertz CT molecular complexity index is 734. The Balaban J connectivity index is 2.10. The molecule has 0 amide bonds. The van der Waals surface area contributed by atoms with Crippen LogP contribution in [0, 0.1) is 0 Å². The summed E-state index contributed by atoms with van der Waals surface area (Å²) in [5.41, 5.74) is 7.75. The summed E-state index contributed by atoms with van der Waals surface area (Å²) < 4.78 is 7.85. The number of aryl methyl sites for hydroxylation is 1. The van der Waals surface area contributed by atoms with E-state index in [-0.39, 0.29) is 0 Å². The van der Waals surface area contributed by atoms with Crippen molar-refractivity contribution in [3.63, 3.8) is 0 Å². The number of benzene rings is 1. The van der Waals surface area contributed by atoms with Gasteiger partial charge >= 0.3 is 0 Å². The molecule has 110 valence electrons. The quantitative estimate of drug-likeness (QED) is 0.760. The van der Waals surface area contributed by atoms with Crippen molar-refractivity contribution in [3.8, 4) is 17.0 Å². The number of aromatic nitrogens is 3. The van der Waals surface area contributed by atoms with Gasteiger partial charge in [-0.15, -0.1) is 21.5 Å². The largest absolute Gasteiger partial charge is 0.493 e. The van der Waals surface area contributed by atoms with Crippen LogP contribution < -0.4 is 10.5 Å². The molecule has 0 saturated carbocycles. The lowest BCUT2D eigenvalue weighted by atomic mass is 10.1. The van der Waals surface area contributed by atoms with E-state index in [0.29, 0.717) is 13.2 Å². The highest BCUT2D eigenvalue weighted by molar-refractivity contribution is 7.15. The van der Waals surface area contributed by atoms with E-state index in [9.17, 15) is 0 Å². The fourth-order valence-corrected chi connectivity index (χ4v) is 3.19. The molecule has 0 atom stereocenters. The predicted octanol–water partition coefficient (Wildman–Crippen LogP) is 2.75. The van der Waals surface area contributed by atoms with Crippen molar-refractivity contribution in [1.82, 2.24) is 14.6 Å². The monoisotopic (exact) mass is 302 g/mol. The van der Waals surface area contributed by atoms with Crippen LogP contribution in [0.1, 0.15) is 19.2 Å². The Labute approximate surface area is 127 Å². The van der Waals surface area contributed by atoms with E-state index in [4.69, 9.17) is 10.5 Å². The molecule has 0 aliphatic rings. The molecule has 5 nitrogen and oxygen atoms in total. The number of hydrogen-bond donors (Lipinski definition) is 1. The van der Waals surface area contributed by atoms with Crippen LogP contribution in [0.15, 0.2) is 29.6 Å². The highest BCUT2D eigenvalue weighted by Gasteiger charge is 2.15. The van der Waals surface area contributed by atoms with E-state index in [2.05, 4.69) is 26.0 Å². The first-order chi connectivity index (χ1) is 10.3. The minimum absolute atomic E-state index is 0.645. The molecule has 0 aliphatic carbocycles. The van der Waals surface area contributed by atoms with Gasteiger partial charge in [0.25, 0.3) is 0 Å². The molecule has 1 aromatic carbocycles. The number of nitrogens with zero attached hydrogens (tertiary/aromatic N) is 3. The summed E-state index contributed by atoms with van der Waals surface area (Å²) in [6.45, 7) is 3.29. The van der Waals surface area contributed by atoms with Crippen LogP contribution in [-0.4, -0.2) is 27.7 Å². The van der Waals surface area contributed by atoms with E-state index < -0.39 is 0 Å². The molecule has 0 aliphatic heterocycles. The van der Waals surface area contributed by atoms with Crippen molar-refractivity contribution >= 4 is 16.3 Å². The molecule has 21 heavy (non-hydrogen) atoms. The summed E-state index contributed by atoms with van der Waals surface area (Å²) in [4.78, 5) is 0.906. The zero-order valence-electron chi connectivity index (χ0n) is 12.0. The average Bonchev–Trinajstić information content (AvgIpc) is 3.08. The molecule has 0 bridgehead atoms. The van der Waals surface area contributed by atoms with E-state index in [1.807, 2.05) is 25.1 Å². The molecule has 0 saturated heterocycles. The van der Waals surface area contributed by atoms with Gasteiger partial charge in [0.15, 0.2) is 0 Å². The molecule has 3 rings (SSSR count). The number of fused-ring (bicyclic) bond motifs is 1. The molecule has 2 heterocycles. The van der Waals surface area contributed by atoms with Crippen LogP contribution in [0.2, 0.25) is 0 Å². The maximum Gasteiger partial charge on any atom is 0.216 e. The van der Waals surface area contributed by atoms with Crippen molar-refractivity contribution in [3.05, 3.63) is 35.5 Å². The van der Waals surface area contributed by atoms with Crippen molar-refractivity contribution in [1.29, 1.82) is 0 Å². The Hall–Kier alpha value is -1.92. The molecule has 0 spiro atoms. The van der Waals surface area contributed by atoms with Crippen LogP contribution in [0.3, 0.4) is 0 Å². The Morgan fingerprint density at radius 1 is 1.29 bits per heavy atom. The first-order valence-electron chi connectivity index (χ1n) is 7.09. The van der Waals surface area contributed by atoms with Gasteiger partial charge in [-0.2, -0.15) is 0 Å². The SMILES string of the molecule is CCOc1ccccc1-c1csc2nnc(CCCN)n12. The lowest BCUT2D eigenvalue weighted by molar-refractivity contribution is 0.341. The number of para-hydroxylation sites is 1. The van der Waals surface area contributed by atoms with Gasteiger partial charge in [0.05, 0.1) is 12.3 Å². The molecule has 0 unspecified atom stereocenters. The highest BCUT2D eigenvalue weighted by atomic mass is 32.1. The Morgan fingerprint density at radius 2 is 2.14 bits per heavy atom.